The molecule has 0 fully saturated rings. The zero-order chi connectivity index (χ0) is 18.7. The van der Waals surface area contributed by atoms with Crippen molar-refractivity contribution in [3.05, 3.63) is 59.2 Å². The molecule has 0 radical (unpaired) electrons. The van der Waals surface area contributed by atoms with Crippen LogP contribution in [-0.2, 0) is 11.2 Å². The normalized spacial score (nSPS) is 13.0. The molecule has 26 heavy (non-hydrogen) atoms. The molecule has 2 aromatic carbocycles. The molecule has 2 amide bonds. The Morgan fingerprint density at radius 3 is 2.42 bits per heavy atom. The van der Waals surface area contributed by atoms with E-state index in [1.54, 1.807) is 18.2 Å². The summed E-state index contributed by atoms with van der Waals surface area (Å²) in [6.07, 6.45) is 1.43. The lowest BCUT2D eigenvalue weighted by Gasteiger charge is -2.11. The number of benzene rings is 2. The van der Waals surface area contributed by atoms with E-state index in [1.165, 1.54) is 17.0 Å². The van der Waals surface area contributed by atoms with E-state index in [2.05, 4.69) is 0 Å². The van der Waals surface area contributed by atoms with Gasteiger partial charge in [0.15, 0.2) is 0 Å². The molecule has 0 saturated heterocycles. The second-order valence-electron chi connectivity index (χ2n) is 6.18. The number of imide groups is 1. The average molecular weight is 352 g/mol. The number of amides is 2. The van der Waals surface area contributed by atoms with Crippen LogP contribution in [0, 0.1) is 0 Å². The Kier molecular flexibility index (Phi) is 5.02. The third kappa shape index (κ3) is 3.59. The highest BCUT2D eigenvalue weighted by Gasteiger charge is 2.35. The highest BCUT2D eigenvalue weighted by molar-refractivity contribution is 6.21. The number of nitrogens with two attached hydrogens (primary N) is 1. The Bertz CT molecular complexity index is 859. The number of carbonyl (C=O) groups is 3. The predicted octanol–water partition coefficient (Wildman–Crippen LogP) is 2.81. The number of nitrogen functional groups attached to an aromatic ring is 1. The van der Waals surface area contributed by atoms with Gasteiger partial charge in [-0.05, 0) is 48.7 Å². The number of anilines is 1. The number of carbonyl (C=O) groups excluding carboxylic acids is 3. The summed E-state index contributed by atoms with van der Waals surface area (Å²) in [7, 11) is 0. The third-order valence-corrected chi connectivity index (χ3v) is 4.22. The Balaban J connectivity index is 1.64. The molecule has 2 aromatic rings. The summed E-state index contributed by atoms with van der Waals surface area (Å²) < 4.78 is 5.32. The van der Waals surface area contributed by atoms with Gasteiger partial charge in [-0.1, -0.05) is 19.1 Å². The van der Waals surface area contributed by atoms with Crippen molar-refractivity contribution in [3.63, 3.8) is 0 Å². The fraction of sp³-hybridized carbons (Fsp3) is 0.250. The van der Waals surface area contributed by atoms with Crippen LogP contribution < -0.4 is 10.5 Å². The van der Waals surface area contributed by atoms with Crippen LogP contribution in [0.2, 0.25) is 0 Å². The number of hydrogen-bond acceptors (Lipinski definition) is 5. The van der Waals surface area contributed by atoms with E-state index < -0.39 is 5.97 Å². The van der Waals surface area contributed by atoms with E-state index >= 15 is 0 Å². The van der Waals surface area contributed by atoms with Gasteiger partial charge in [0.05, 0.1) is 11.1 Å². The van der Waals surface area contributed by atoms with E-state index in [1.807, 2.05) is 19.1 Å². The lowest BCUT2D eigenvalue weighted by Crippen LogP contribution is -2.30. The maximum atomic E-state index is 12.3. The summed E-state index contributed by atoms with van der Waals surface area (Å²) in [4.78, 5) is 37.8. The van der Waals surface area contributed by atoms with Crippen molar-refractivity contribution in [1.29, 1.82) is 0 Å². The van der Waals surface area contributed by atoms with Crippen molar-refractivity contribution in [2.24, 2.45) is 0 Å². The van der Waals surface area contributed by atoms with Gasteiger partial charge in [-0.25, -0.2) is 0 Å². The van der Waals surface area contributed by atoms with Crippen molar-refractivity contribution in [1.82, 2.24) is 4.90 Å². The Labute approximate surface area is 151 Å². The molecule has 0 aliphatic carbocycles. The number of nitrogens with zero attached hydrogens (tertiary/aromatic N) is 1. The summed E-state index contributed by atoms with van der Waals surface area (Å²) in [5.41, 5.74) is 7.93. The molecule has 134 valence electrons. The first-order valence-electron chi connectivity index (χ1n) is 8.55. The van der Waals surface area contributed by atoms with Crippen LogP contribution in [-0.4, -0.2) is 29.2 Å². The molecule has 0 bridgehead atoms. The van der Waals surface area contributed by atoms with E-state index in [4.69, 9.17) is 10.5 Å². The molecule has 1 aliphatic heterocycles. The number of hydrogen-bond donors (Lipinski definition) is 1. The molecule has 0 spiro atoms. The molecule has 3 rings (SSSR count). The van der Waals surface area contributed by atoms with E-state index in [0.717, 1.165) is 5.56 Å². The Morgan fingerprint density at radius 2 is 1.73 bits per heavy atom. The standard InChI is InChI=1S/C20H20N2O4/c1-2-11-22-19(24)16-9-8-15(12-17(16)20(22)25)26-18(23)10-5-13-3-6-14(21)7-4-13/h3-4,6-9,12H,2,5,10-11,21H2,1H3. The van der Waals surface area contributed by atoms with Crippen LogP contribution in [0.3, 0.4) is 0 Å². The van der Waals surface area contributed by atoms with Gasteiger partial charge in [0.1, 0.15) is 5.75 Å². The molecule has 0 saturated carbocycles. The van der Waals surface area contributed by atoms with Crippen LogP contribution in [0.1, 0.15) is 46.0 Å². The second-order valence-corrected chi connectivity index (χ2v) is 6.18. The van der Waals surface area contributed by atoms with Gasteiger partial charge in [-0.15, -0.1) is 0 Å². The van der Waals surface area contributed by atoms with Gasteiger partial charge < -0.3 is 10.5 Å². The van der Waals surface area contributed by atoms with Crippen LogP contribution in [0.15, 0.2) is 42.5 Å². The van der Waals surface area contributed by atoms with Crippen molar-refractivity contribution in [2.75, 3.05) is 12.3 Å². The van der Waals surface area contributed by atoms with Crippen LogP contribution in [0.4, 0.5) is 5.69 Å². The van der Waals surface area contributed by atoms with Gasteiger partial charge in [-0.3, -0.25) is 19.3 Å². The monoisotopic (exact) mass is 352 g/mol. The van der Waals surface area contributed by atoms with Gasteiger partial charge >= 0.3 is 5.97 Å². The smallest absolute Gasteiger partial charge is 0.311 e. The van der Waals surface area contributed by atoms with Crippen molar-refractivity contribution >= 4 is 23.5 Å². The maximum absolute atomic E-state index is 12.3. The molecule has 6 nitrogen and oxygen atoms in total. The van der Waals surface area contributed by atoms with Crippen molar-refractivity contribution in [3.8, 4) is 5.75 Å². The minimum Gasteiger partial charge on any atom is -0.426 e. The number of fused-ring (bicyclic) bond motifs is 1. The number of rotatable bonds is 6. The lowest BCUT2D eigenvalue weighted by molar-refractivity contribution is -0.134. The number of aryl methyl sites for hydroxylation is 1. The lowest BCUT2D eigenvalue weighted by atomic mass is 10.1. The summed E-state index contributed by atoms with van der Waals surface area (Å²) in [5, 5.41) is 0. The summed E-state index contributed by atoms with van der Waals surface area (Å²) >= 11 is 0. The molecular weight excluding hydrogens is 332 g/mol. The quantitative estimate of drug-likeness (QED) is 0.374. The Morgan fingerprint density at radius 1 is 1.04 bits per heavy atom. The number of ether oxygens (including phenoxy) is 1. The molecule has 0 unspecified atom stereocenters. The highest BCUT2D eigenvalue weighted by atomic mass is 16.5. The Hall–Kier alpha value is -3.15. The predicted molar refractivity (Wildman–Crippen MR) is 96.9 cm³/mol. The van der Waals surface area contributed by atoms with Crippen molar-refractivity contribution in [2.45, 2.75) is 26.2 Å². The molecule has 0 atom stereocenters. The zero-order valence-electron chi connectivity index (χ0n) is 14.5. The largest absolute Gasteiger partial charge is 0.426 e. The van der Waals surface area contributed by atoms with Gasteiger partial charge in [0.25, 0.3) is 11.8 Å². The second kappa shape index (κ2) is 7.39. The summed E-state index contributed by atoms with van der Waals surface area (Å²) in [5.74, 6) is -0.769. The minimum absolute atomic E-state index is 0.204. The maximum Gasteiger partial charge on any atom is 0.311 e. The van der Waals surface area contributed by atoms with E-state index in [9.17, 15) is 14.4 Å². The van der Waals surface area contributed by atoms with Crippen LogP contribution in [0.5, 0.6) is 5.75 Å². The van der Waals surface area contributed by atoms with Gasteiger partial charge in [-0.2, -0.15) is 0 Å². The summed E-state index contributed by atoms with van der Waals surface area (Å²) in [6.45, 7) is 2.28. The SMILES string of the molecule is CCCN1C(=O)c2ccc(OC(=O)CCc3ccc(N)cc3)cc2C1=O. The van der Waals surface area contributed by atoms with Gasteiger partial charge in [0, 0.05) is 18.7 Å². The third-order valence-electron chi connectivity index (χ3n) is 4.22. The number of esters is 1. The van der Waals surface area contributed by atoms with E-state index in [0.29, 0.717) is 30.6 Å². The molecule has 6 heteroatoms. The zero-order valence-corrected chi connectivity index (χ0v) is 14.5. The molecule has 0 aromatic heterocycles. The fourth-order valence-electron chi connectivity index (χ4n) is 2.87. The van der Waals surface area contributed by atoms with Crippen LogP contribution >= 0.6 is 0 Å². The molecule has 1 aliphatic rings. The topological polar surface area (TPSA) is 89.7 Å². The van der Waals surface area contributed by atoms with Crippen LogP contribution in [0.25, 0.3) is 0 Å². The highest BCUT2D eigenvalue weighted by Crippen LogP contribution is 2.27. The fourth-order valence-corrected chi connectivity index (χ4v) is 2.87. The minimum atomic E-state index is -0.399. The molecule has 1 heterocycles. The molecule has 2 N–H and O–H groups in total. The first-order chi connectivity index (χ1) is 12.5. The van der Waals surface area contributed by atoms with Crippen molar-refractivity contribution < 1.29 is 19.1 Å². The first kappa shape index (κ1) is 17.7. The molecular formula is C20H20N2O4. The van der Waals surface area contributed by atoms with E-state index in [-0.39, 0.29) is 29.5 Å². The van der Waals surface area contributed by atoms with Gasteiger partial charge in [0.2, 0.25) is 0 Å². The summed E-state index contributed by atoms with van der Waals surface area (Å²) in [6, 6.07) is 11.8. The first-order valence-corrected chi connectivity index (χ1v) is 8.55. The average Bonchev–Trinajstić information content (AvgIpc) is 2.86.